The second-order valence-corrected chi connectivity index (χ2v) is 4.21. The maximum absolute atomic E-state index is 12.5. The van der Waals surface area contributed by atoms with Crippen molar-refractivity contribution in [1.82, 2.24) is 0 Å². The van der Waals surface area contributed by atoms with Crippen molar-refractivity contribution >= 4 is 23.3 Å². The van der Waals surface area contributed by atoms with E-state index in [1.807, 2.05) is 0 Å². The van der Waals surface area contributed by atoms with Crippen LogP contribution in [0.3, 0.4) is 0 Å². The third-order valence-corrected chi connectivity index (χ3v) is 2.72. The molecule has 1 N–H and O–H groups in total. The van der Waals surface area contributed by atoms with E-state index in [4.69, 9.17) is 11.6 Å². The second-order valence-electron chi connectivity index (χ2n) is 3.80. The number of halogens is 4. The van der Waals surface area contributed by atoms with Crippen LogP contribution in [0.25, 0.3) is 0 Å². The molecule has 0 bridgehead atoms. The molecule has 0 radical (unpaired) electrons. The molecule has 1 rings (SSSR count). The summed E-state index contributed by atoms with van der Waals surface area (Å²) in [5.74, 6) is -0.364. The molecule has 0 aliphatic heterocycles. The molecular weight excluding hydrogens is 283 g/mol. The van der Waals surface area contributed by atoms with Gasteiger partial charge in [-0.1, -0.05) is 11.6 Å². The van der Waals surface area contributed by atoms with Gasteiger partial charge in [-0.15, -0.1) is 0 Å². The Labute approximate surface area is 113 Å². The Bertz CT molecular complexity index is 449. The molecule has 1 aromatic carbocycles. The van der Waals surface area contributed by atoms with Gasteiger partial charge in [0.15, 0.2) is 0 Å². The Morgan fingerprint density at radius 1 is 1.42 bits per heavy atom. The molecule has 3 nitrogen and oxygen atoms in total. The van der Waals surface area contributed by atoms with Gasteiger partial charge in [-0.05, 0) is 24.6 Å². The number of rotatable bonds is 5. The predicted octanol–water partition coefficient (Wildman–Crippen LogP) is 3.72. The Morgan fingerprint density at radius 2 is 2.11 bits per heavy atom. The maximum atomic E-state index is 12.5. The van der Waals surface area contributed by atoms with E-state index in [2.05, 4.69) is 10.1 Å². The number of alkyl halides is 3. The zero-order valence-electron chi connectivity index (χ0n) is 10.2. The summed E-state index contributed by atoms with van der Waals surface area (Å²) in [5.41, 5.74) is -0.575. The largest absolute Gasteiger partial charge is 0.469 e. The molecule has 0 aliphatic rings. The van der Waals surface area contributed by atoms with E-state index in [1.165, 1.54) is 13.2 Å². The summed E-state index contributed by atoms with van der Waals surface area (Å²) in [6, 6.07) is 3.05. The minimum absolute atomic E-state index is 0.195. The number of benzene rings is 1. The lowest BCUT2D eigenvalue weighted by molar-refractivity contribution is -0.140. The molecule has 0 aromatic heterocycles. The molecule has 0 spiro atoms. The molecule has 0 aliphatic carbocycles. The number of hydrogen-bond acceptors (Lipinski definition) is 3. The summed E-state index contributed by atoms with van der Waals surface area (Å²) in [5, 5.41) is 2.97. The van der Waals surface area contributed by atoms with Crippen LogP contribution < -0.4 is 5.32 Å². The molecule has 0 saturated heterocycles. The fourth-order valence-electron chi connectivity index (χ4n) is 1.39. The molecule has 1 aromatic rings. The lowest BCUT2D eigenvalue weighted by atomic mass is 10.2. The van der Waals surface area contributed by atoms with Crippen LogP contribution in [-0.2, 0) is 15.7 Å². The molecule has 0 saturated carbocycles. The third kappa shape index (κ3) is 4.98. The zero-order valence-corrected chi connectivity index (χ0v) is 10.9. The van der Waals surface area contributed by atoms with Gasteiger partial charge in [0.2, 0.25) is 0 Å². The lowest BCUT2D eigenvalue weighted by Crippen LogP contribution is -2.09. The fraction of sp³-hybridized carbons (Fsp3) is 0.417. The van der Waals surface area contributed by atoms with Gasteiger partial charge in [-0.25, -0.2) is 0 Å². The number of esters is 1. The van der Waals surface area contributed by atoms with Crippen molar-refractivity contribution in [1.29, 1.82) is 0 Å². The van der Waals surface area contributed by atoms with Crippen LogP contribution in [0.2, 0.25) is 5.02 Å². The molecule has 7 heteroatoms. The predicted molar refractivity (Wildman–Crippen MR) is 66.2 cm³/mol. The van der Waals surface area contributed by atoms with Crippen LogP contribution in [0.5, 0.6) is 0 Å². The monoisotopic (exact) mass is 295 g/mol. The first kappa shape index (κ1) is 15.6. The van der Waals surface area contributed by atoms with Gasteiger partial charge in [-0.3, -0.25) is 4.79 Å². The molecule has 106 valence electrons. The first-order valence-electron chi connectivity index (χ1n) is 5.52. The highest BCUT2D eigenvalue weighted by molar-refractivity contribution is 6.33. The molecule has 0 unspecified atom stereocenters. The number of carbonyl (C=O) groups is 1. The van der Waals surface area contributed by atoms with Crippen LogP contribution in [0, 0.1) is 0 Å². The van der Waals surface area contributed by atoms with E-state index in [0.29, 0.717) is 13.0 Å². The van der Waals surface area contributed by atoms with E-state index >= 15 is 0 Å². The first-order valence-corrected chi connectivity index (χ1v) is 5.90. The van der Waals surface area contributed by atoms with Gasteiger partial charge in [0.25, 0.3) is 0 Å². The molecular formula is C12H13ClF3NO2. The molecule has 0 atom stereocenters. The minimum Gasteiger partial charge on any atom is -0.469 e. The number of ether oxygens (including phenoxy) is 1. The van der Waals surface area contributed by atoms with Crippen LogP contribution >= 0.6 is 11.6 Å². The zero-order chi connectivity index (χ0) is 14.5. The van der Waals surface area contributed by atoms with Crippen molar-refractivity contribution in [3.05, 3.63) is 28.8 Å². The Morgan fingerprint density at radius 3 is 2.68 bits per heavy atom. The van der Waals surface area contributed by atoms with E-state index in [9.17, 15) is 18.0 Å². The van der Waals surface area contributed by atoms with Crippen molar-refractivity contribution in [2.24, 2.45) is 0 Å². The van der Waals surface area contributed by atoms with E-state index in [0.717, 1.165) is 12.1 Å². The van der Waals surface area contributed by atoms with Gasteiger partial charge < -0.3 is 10.1 Å². The SMILES string of the molecule is COC(=O)CCCNc1cc(C(F)(F)F)ccc1Cl. The number of carbonyl (C=O) groups excluding carboxylic acids is 1. The van der Waals surface area contributed by atoms with Crippen LogP contribution in [0.15, 0.2) is 18.2 Å². The molecule has 0 fully saturated rings. The summed E-state index contributed by atoms with van der Waals surface area (Å²) in [6.07, 6.45) is -3.77. The van der Waals surface area contributed by atoms with Crippen molar-refractivity contribution < 1.29 is 22.7 Å². The van der Waals surface area contributed by atoms with Crippen molar-refractivity contribution in [3.8, 4) is 0 Å². The van der Waals surface area contributed by atoms with Crippen molar-refractivity contribution in [3.63, 3.8) is 0 Å². The number of anilines is 1. The Hall–Kier alpha value is -1.43. The van der Waals surface area contributed by atoms with Gasteiger partial charge >= 0.3 is 12.1 Å². The maximum Gasteiger partial charge on any atom is 0.416 e. The standard InChI is InChI=1S/C12H13ClF3NO2/c1-19-11(18)3-2-6-17-10-7-8(12(14,15)16)4-5-9(10)13/h4-5,7,17H,2-3,6H2,1H3. The summed E-state index contributed by atoms with van der Waals surface area (Å²) >= 11 is 5.79. The summed E-state index contributed by atoms with van der Waals surface area (Å²) < 4.78 is 42.0. The minimum atomic E-state index is -4.41. The van der Waals surface area contributed by atoms with E-state index in [1.54, 1.807) is 0 Å². The van der Waals surface area contributed by atoms with Crippen LogP contribution in [0.4, 0.5) is 18.9 Å². The van der Waals surface area contributed by atoms with Crippen LogP contribution in [0.1, 0.15) is 18.4 Å². The van der Waals surface area contributed by atoms with Crippen molar-refractivity contribution in [2.45, 2.75) is 19.0 Å². The second kappa shape index (κ2) is 6.65. The highest BCUT2D eigenvalue weighted by atomic mass is 35.5. The quantitative estimate of drug-likeness (QED) is 0.664. The van der Waals surface area contributed by atoms with Gasteiger partial charge in [-0.2, -0.15) is 13.2 Å². The third-order valence-electron chi connectivity index (χ3n) is 2.39. The number of hydrogen-bond donors (Lipinski definition) is 1. The molecule has 0 amide bonds. The normalized spacial score (nSPS) is 11.2. The molecule has 0 heterocycles. The fourth-order valence-corrected chi connectivity index (χ4v) is 1.58. The highest BCUT2D eigenvalue weighted by Gasteiger charge is 2.30. The first-order chi connectivity index (χ1) is 8.84. The summed E-state index contributed by atoms with van der Waals surface area (Å²) in [4.78, 5) is 10.9. The van der Waals surface area contributed by atoms with Crippen molar-refractivity contribution in [2.75, 3.05) is 19.0 Å². The van der Waals surface area contributed by atoms with Gasteiger partial charge in [0.05, 0.1) is 23.4 Å². The summed E-state index contributed by atoms with van der Waals surface area (Å²) in [7, 11) is 1.28. The van der Waals surface area contributed by atoms with Crippen LogP contribution in [-0.4, -0.2) is 19.6 Å². The average Bonchev–Trinajstić information content (AvgIpc) is 2.34. The number of methoxy groups -OCH3 is 1. The smallest absolute Gasteiger partial charge is 0.416 e. The Balaban J connectivity index is 2.60. The average molecular weight is 296 g/mol. The van der Waals surface area contributed by atoms with Gasteiger partial charge in [0, 0.05) is 13.0 Å². The van der Waals surface area contributed by atoms with Gasteiger partial charge in [0.1, 0.15) is 0 Å². The molecule has 19 heavy (non-hydrogen) atoms. The van der Waals surface area contributed by atoms with E-state index < -0.39 is 11.7 Å². The lowest BCUT2D eigenvalue weighted by Gasteiger charge is -2.12. The summed E-state index contributed by atoms with van der Waals surface area (Å²) in [6.45, 7) is 0.329. The Kier molecular flexibility index (Phi) is 5.47. The van der Waals surface area contributed by atoms with E-state index in [-0.39, 0.29) is 23.1 Å². The highest BCUT2D eigenvalue weighted by Crippen LogP contribution is 2.33. The topological polar surface area (TPSA) is 38.3 Å². The number of nitrogens with one attached hydrogen (secondary N) is 1.